The van der Waals surface area contributed by atoms with Crippen LogP contribution in [0, 0.1) is 5.82 Å². The zero-order valence-electron chi connectivity index (χ0n) is 15.8. The highest BCUT2D eigenvalue weighted by atomic mass is 19.1. The Labute approximate surface area is 160 Å². The number of aromatic nitrogens is 1. The zero-order chi connectivity index (χ0) is 20.6. The van der Waals surface area contributed by atoms with Gasteiger partial charge in [-0.3, -0.25) is 9.59 Å². The average molecular weight is 390 g/mol. The van der Waals surface area contributed by atoms with Crippen molar-refractivity contribution in [3.05, 3.63) is 39.9 Å². The van der Waals surface area contributed by atoms with E-state index in [1.54, 1.807) is 22.5 Å². The number of aryl methyl sites for hydroxylation is 1. The van der Waals surface area contributed by atoms with Crippen LogP contribution in [0.2, 0.25) is 0 Å². The van der Waals surface area contributed by atoms with Gasteiger partial charge in [-0.05, 0) is 26.0 Å². The van der Waals surface area contributed by atoms with Crippen LogP contribution in [0.5, 0.6) is 0 Å². The third-order valence-corrected chi connectivity index (χ3v) is 5.04. The number of piperazine rings is 1. The van der Waals surface area contributed by atoms with Crippen LogP contribution < -0.4 is 16.1 Å². The highest BCUT2D eigenvalue weighted by Crippen LogP contribution is 2.26. The SMILES string of the molecule is CCn1cc(C(=O)O)c(=O)c2cc(F)c(N3CCN(C(=O)C(C)N)CC3)cc21. The number of carboxylic acids is 1. The molecule has 2 aromatic rings. The Morgan fingerprint density at radius 2 is 1.89 bits per heavy atom. The summed E-state index contributed by atoms with van der Waals surface area (Å²) in [5, 5.41) is 9.26. The number of hydrogen-bond donors (Lipinski definition) is 2. The number of halogens is 1. The first-order chi connectivity index (χ1) is 13.2. The molecule has 3 rings (SSSR count). The third-order valence-electron chi connectivity index (χ3n) is 5.04. The van der Waals surface area contributed by atoms with Gasteiger partial charge in [-0.1, -0.05) is 0 Å². The first kappa shape index (κ1) is 19.8. The topological polar surface area (TPSA) is 109 Å². The molecular weight excluding hydrogens is 367 g/mol. The Hall–Kier alpha value is -2.94. The van der Waals surface area contributed by atoms with Crippen molar-refractivity contribution in [2.75, 3.05) is 31.1 Å². The van der Waals surface area contributed by atoms with E-state index < -0.39 is 23.3 Å². The fourth-order valence-corrected chi connectivity index (χ4v) is 3.51. The van der Waals surface area contributed by atoms with Gasteiger partial charge in [0.15, 0.2) is 0 Å². The van der Waals surface area contributed by atoms with Crippen molar-refractivity contribution in [3.8, 4) is 0 Å². The minimum Gasteiger partial charge on any atom is -0.477 e. The molecule has 2 heterocycles. The van der Waals surface area contributed by atoms with Crippen LogP contribution >= 0.6 is 0 Å². The van der Waals surface area contributed by atoms with Crippen molar-refractivity contribution in [2.45, 2.75) is 26.4 Å². The van der Waals surface area contributed by atoms with Crippen molar-refractivity contribution < 1.29 is 19.1 Å². The molecule has 1 aromatic heterocycles. The van der Waals surface area contributed by atoms with E-state index in [1.165, 1.54) is 6.20 Å². The number of rotatable bonds is 4. The quantitative estimate of drug-likeness (QED) is 0.801. The summed E-state index contributed by atoms with van der Waals surface area (Å²) in [5.41, 5.74) is 5.35. The second kappa shape index (κ2) is 7.59. The second-order valence-electron chi connectivity index (χ2n) is 6.88. The van der Waals surface area contributed by atoms with Gasteiger partial charge in [0.05, 0.1) is 17.2 Å². The Bertz CT molecular complexity index is 994. The Morgan fingerprint density at radius 3 is 2.43 bits per heavy atom. The summed E-state index contributed by atoms with van der Waals surface area (Å²) in [6, 6.07) is 2.10. The van der Waals surface area contributed by atoms with Gasteiger partial charge in [-0.2, -0.15) is 0 Å². The molecule has 3 N–H and O–H groups in total. The van der Waals surface area contributed by atoms with Gasteiger partial charge in [-0.25, -0.2) is 9.18 Å². The zero-order valence-corrected chi connectivity index (χ0v) is 15.8. The van der Waals surface area contributed by atoms with Crippen LogP contribution in [-0.2, 0) is 11.3 Å². The first-order valence-electron chi connectivity index (χ1n) is 9.13. The summed E-state index contributed by atoms with van der Waals surface area (Å²) in [4.78, 5) is 39.2. The maximum absolute atomic E-state index is 14.8. The molecule has 28 heavy (non-hydrogen) atoms. The molecule has 1 aliphatic heterocycles. The molecule has 8 nitrogen and oxygen atoms in total. The molecule has 150 valence electrons. The maximum atomic E-state index is 14.8. The molecule has 0 radical (unpaired) electrons. The number of pyridine rings is 1. The van der Waals surface area contributed by atoms with Crippen molar-refractivity contribution >= 4 is 28.5 Å². The van der Waals surface area contributed by atoms with Gasteiger partial charge in [0, 0.05) is 44.3 Å². The van der Waals surface area contributed by atoms with Gasteiger partial charge >= 0.3 is 5.97 Å². The van der Waals surface area contributed by atoms with Crippen molar-refractivity contribution in [1.29, 1.82) is 0 Å². The molecule has 0 spiro atoms. The van der Waals surface area contributed by atoms with Crippen LogP contribution in [0.1, 0.15) is 24.2 Å². The Kier molecular flexibility index (Phi) is 5.37. The van der Waals surface area contributed by atoms with Crippen molar-refractivity contribution in [3.63, 3.8) is 0 Å². The van der Waals surface area contributed by atoms with Crippen molar-refractivity contribution in [2.24, 2.45) is 5.73 Å². The summed E-state index contributed by atoms with van der Waals surface area (Å²) >= 11 is 0. The summed E-state index contributed by atoms with van der Waals surface area (Å²) < 4.78 is 16.4. The van der Waals surface area contributed by atoms with Gasteiger partial charge in [0.2, 0.25) is 11.3 Å². The van der Waals surface area contributed by atoms with Crippen LogP contribution in [0.15, 0.2) is 23.1 Å². The van der Waals surface area contributed by atoms with Crippen LogP contribution in [-0.4, -0.2) is 58.7 Å². The van der Waals surface area contributed by atoms with Crippen LogP contribution in [0.4, 0.5) is 10.1 Å². The Morgan fingerprint density at radius 1 is 1.25 bits per heavy atom. The molecule has 1 unspecified atom stereocenters. The number of carboxylic acid groups (broad SMARTS) is 1. The molecule has 0 bridgehead atoms. The van der Waals surface area contributed by atoms with Crippen molar-refractivity contribution in [1.82, 2.24) is 9.47 Å². The largest absolute Gasteiger partial charge is 0.477 e. The highest BCUT2D eigenvalue weighted by molar-refractivity contribution is 5.93. The number of amides is 1. The summed E-state index contributed by atoms with van der Waals surface area (Å²) in [6.45, 7) is 5.60. The molecule has 0 saturated carbocycles. The first-order valence-corrected chi connectivity index (χ1v) is 9.13. The number of hydrogen-bond acceptors (Lipinski definition) is 5. The summed E-state index contributed by atoms with van der Waals surface area (Å²) in [5.74, 6) is -2.07. The van der Waals surface area contributed by atoms with E-state index >= 15 is 0 Å². The molecule has 0 aliphatic carbocycles. The predicted octanol–water partition coefficient (Wildman–Crippen LogP) is 0.855. The molecule has 1 saturated heterocycles. The number of carbonyl (C=O) groups excluding carboxylic acids is 1. The van der Waals surface area contributed by atoms with E-state index in [4.69, 9.17) is 5.73 Å². The molecule has 9 heteroatoms. The fourth-order valence-electron chi connectivity index (χ4n) is 3.51. The number of aromatic carboxylic acids is 1. The molecule has 1 fully saturated rings. The second-order valence-corrected chi connectivity index (χ2v) is 6.88. The lowest BCUT2D eigenvalue weighted by molar-refractivity contribution is -0.132. The van der Waals surface area contributed by atoms with Gasteiger partial charge in [0.1, 0.15) is 11.4 Å². The van der Waals surface area contributed by atoms with Crippen LogP contribution in [0.3, 0.4) is 0 Å². The lowest BCUT2D eigenvalue weighted by Crippen LogP contribution is -2.52. The fraction of sp³-hybridized carbons (Fsp3) is 0.421. The average Bonchev–Trinajstić information content (AvgIpc) is 2.67. The van der Waals surface area contributed by atoms with Gasteiger partial charge in [0.25, 0.3) is 0 Å². The number of nitrogens with zero attached hydrogens (tertiary/aromatic N) is 3. The van der Waals surface area contributed by atoms with E-state index in [1.807, 2.05) is 11.8 Å². The Balaban J connectivity index is 1.99. The molecule has 1 atom stereocenters. The third kappa shape index (κ3) is 3.45. The predicted molar refractivity (Wildman–Crippen MR) is 103 cm³/mol. The number of anilines is 1. The summed E-state index contributed by atoms with van der Waals surface area (Å²) in [7, 11) is 0. The molecular formula is C19H23FN4O4. The highest BCUT2D eigenvalue weighted by Gasteiger charge is 2.25. The van der Waals surface area contributed by atoms with E-state index in [-0.39, 0.29) is 16.9 Å². The van der Waals surface area contributed by atoms with E-state index in [0.29, 0.717) is 43.9 Å². The number of carbonyl (C=O) groups is 2. The smallest absolute Gasteiger partial charge is 0.341 e. The lowest BCUT2D eigenvalue weighted by Gasteiger charge is -2.37. The monoisotopic (exact) mass is 390 g/mol. The summed E-state index contributed by atoms with van der Waals surface area (Å²) in [6.07, 6.45) is 1.29. The molecule has 1 amide bonds. The van der Waals surface area contributed by atoms with Crippen LogP contribution in [0.25, 0.3) is 10.9 Å². The molecule has 1 aromatic carbocycles. The number of fused-ring (bicyclic) bond motifs is 1. The lowest BCUT2D eigenvalue weighted by atomic mass is 10.1. The molecule has 1 aliphatic rings. The number of benzene rings is 1. The minimum atomic E-state index is -1.34. The van der Waals surface area contributed by atoms with E-state index in [9.17, 15) is 23.9 Å². The van der Waals surface area contributed by atoms with E-state index in [2.05, 4.69) is 0 Å². The maximum Gasteiger partial charge on any atom is 0.341 e. The van der Waals surface area contributed by atoms with Gasteiger partial charge < -0.3 is 25.2 Å². The van der Waals surface area contributed by atoms with Gasteiger partial charge in [-0.15, -0.1) is 0 Å². The normalized spacial score (nSPS) is 15.7. The number of nitrogens with two attached hydrogens (primary N) is 1. The minimum absolute atomic E-state index is 0.0359. The standard InChI is InChI=1S/C19H23FN4O4/c1-3-22-10-13(19(27)28)17(25)12-8-14(20)16(9-15(12)22)23-4-6-24(7-5-23)18(26)11(2)21/h8-11H,3-7,21H2,1-2H3,(H,27,28). The van der Waals surface area contributed by atoms with E-state index in [0.717, 1.165) is 6.07 Å².